The van der Waals surface area contributed by atoms with Crippen molar-refractivity contribution in [2.45, 2.75) is 36.2 Å². The van der Waals surface area contributed by atoms with E-state index in [0.29, 0.717) is 4.90 Å². The summed E-state index contributed by atoms with van der Waals surface area (Å²) in [5.74, 6) is 0. The van der Waals surface area contributed by atoms with Gasteiger partial charge < -0.3 is 5.73 Å². The van der Waals surface area contributed by atoms with Crippen LogP contribution in [-0.4, -0.2) is 20.5 Å². The molecular formula is C15H18N2O2S. The smallest absolute Gasteiger partial charge is 0.241 e. The van der Waals surface area contributed by atoms with E-state index in [9.17, 15) is 8.42 Å². The lowest BCUT2D eigenvalue weighted by Gasteiger charge is -2.18. The summed E-state index contributed by atoms with van der Waals surface area (Å²) in [6.45, 7) is 0. The van der Waals surface area contributed by atoms with Gasteiger partial charge in [-0.1, -0.05) is 42.8 Å². The van der Waals surface area contributed by atoms with Crippen molar-refractivity contribution < 1.29 is 8.42 Å². The van der Waals surface area contributed by atoms with Crippen molar-refractivity contribution in [2.75, 3.05) is 0 Å². The molecule has 5 heteroatoms. The van der Waals surface area contributed by atoms with Gasteiger partial charge >= 0.3 is 0 Å². The molecule has 0 heterocycles. The lowest BCUT2D eigenvalue weighted by atomic mass is 10.1. The Bertz CT molecular complexity index is 722. The average molecular weight is 290 g/mol. The standard InChI is InChI=1S/C15H18N2O2S/c16-13-8-4-9-14(13)17-20(18,19)15-10-3-6-11-5-1-2-7-12(11)15/h1-3,5-7,10,13-14,17H,4,8-9,16H2. The maximum Gasteiger partial charge on any atom is 0.241 e. The second kappa shape index (κ2) is 5.16. The molecule has 1 fully saturated rings. The number of rotatable bonds is 3. The van der Waals surface area contributed by atoms with Gasteiger partial charge in [0.05, 0.1) is 4.90 Å². The van der Waals surface area contributed by atoms with Crippen LogP contribution in [0.5, 0.6) is 0 Å². The SMILES string of the molecule is NC1CCCC1NS(=O)(=O)c1cccc2ccccc12. The second-order valence-electron chi connectivity index (χ2n) is 5.30. The fourth-order valence-electron chi connectivity index (χ4n) is 2.83. The van der Waals surface area contributed by atoms with Crippen LogP contribution in [0.1, 0.15) is 19.3 Å². The van der Waals surface area contributed by atoms with Crippen LogP contribution in [0.3, 0.4) is 0 Å². The van der Waals surface area contributed by atoms with E-state index in [1.807, 2.05) is 30.3 Å². The zero-order valence-electron chi connectivity index (χ0n) is 11.1. The Balaban J connectivity index is 2.01. The number of hydrogen-bond acceptors (Lipinski definition) is 3. The van der Waals surface area contributed by atoms with Crippen molar-refractivity contribution in [1.82, 2.24) is 4.72 Å². The predicted molar refractivity (Wildman–Crippen MR) is 79.9 cm³/mol. The van der Waals surface area contributed by atoms with Gasteiger partial charge in [-0.05, 0) is 24.3 Å². The van der Waals surface area contributed by atoms with Gasteiger partial charge in [0.1, 0.15) is 0 Å². The molecule has 0 bridgehead atoms. The molecule has 0 aromatic heterocycles. The van der Waals surface area contributed by atoms with Gasteiger partial charge in [0.2, 0.25) is 10.0 Å². The fraction of sp³-hybridized carbons (Fsp3) is 0.333. The minimum absolute atomic E-state index is 0.0836. The molecule has 4 nitrogen and oxygen atoms in total. The van der Waals surface area contributed by atoms with E-state index in [1.54, 1.807) is 12.1 Å². The summed E-state index contributed by atoms with van der Waals surface area (Å²) in [6, 6.07) is 12.6. The van der Waals surface area contributed by atoms with E-state index in [1.165, 1.54) is 0 Å². The number of hydrogen-bond donors (Lipinski definition) is 2. The molecule has 0 spiro atoms. The van der Waals surface area contributed by atoms with Gasteiger partial charge in [-0.3, -0.25) is 0 Å². The highest BCUT2D eigenvalue weighted by atomic mass is 32.2. The lowest BCUT2D eigenvalue weighted by molar-refractivity contribution is 0.523. The minimum Gasteiger partial charge on any atom is -0.326 e. The number of nitrogens with one attached hydrogen (secondary N) is 1. The molecule has 0 amide bonds. The van der Waals surface area contributed by atoms with Gasteiger partial charge in [-0.25, -0.2) is 13.1 Å². The summed E-state index contributed by atoms with van der Waals surface area (Å²) >= 11 is 0. The molecule has 0 saturated heterocycles. The van der Waals surface area contributed by atoms with Crippen molar-refractivity contribution in [3.8, 4) is 0 Å². The summed E-state index contributed by atoms with van der Waals surface area (Å²) in [7, 11) is -3.53. The normalized spacial score (nSPS) is 23.2. The quantitative estimate of drug-likeness (QED) is 0.908. The lowest BCUT2D eigenvalue weighted by Crippen LogP contribution is -2.43. The molecule has 0 radical (unpaired) electrons. The number of sulfonamides is 1. The van der Waals surface area contributed by atoms with Gasteiger partial charge in [0, 0.05) is 17.5 Å². The first-order valence-corrected chi connectivity index (χ1v) is 8.32. The Hall–Kier alpha value is -1.43. The summed E-state index contributed by atoms with van der Waals surface area (Å²) in [5.41, 5.74) is 5.95. The van der Waals surface area contributed by atoms with Crippen LogP contribution in [0, 0.1) is 0 Å². The molecule has 3 N–H and O–H groups in total. The molecule has 2 unspecified atom stereocenters. The zero-order valence-corrected chi connectivity index (χ0v) is 11.9. The first kappa shape index (κ1) is 13.5. The topological polar surface area (TPSA) is 72.2 Å². The van der Waals surface area contributed by atoms with Crippen LogP contribution in [0.25, 0.3) is 10.8 Å². The third-order valence-electron chi connectivity index (χ3n) is 3.92. The van der Waals surface area contributed by atoms with Crippen LogP contribution in [0.2, 0.25) is 0 Å². The maximum absolute atomic E-state index is 12.6. The largest absolute Gasteiger partial charge is 0.326 e. The minimum atomic E-state index is -3.53. The van der Waals surface area contributed by atoms with Gasteiger partial charge in [-0.2, -0.15) is 0 Å². The number of nitrogens with two attached hydrogens (primary N) is 1. The van der Waals surface area contributed by atoms with E-state index in [0.717, 1.165) is 30.0 Å². The third-order valence-corrected chi connectivity index (χ3v) is 5.46. The van der Waals surface area contributed by atoms with Gasteiger partial charge in [-0.15, -0.1) is 0 Å². The monoisotopic (exact) mass is 290 g/mol. The molecule has 1 aliphatic carbocycles. The molecule has 20 heavy (non-hydrogen) atoms. The van der Waals surface area contributed by atoms with Crippen LogP contribution in [-0.2, 0) is 10.0 Å². The Morgan fingerprint density at radius 1 is 1.05 bits per heavy atom. The van der Waals surface area contributed by atoms with Gasteiger partial charge in [0.15, 0.2) is 0 Å². The number of fused-ring (bicyclic) bond motifs is 1. The summed E-state index contributed by atoms with van der Waals surface area (Å²) in [6.07, 6.45) is 2.66. The molecule has 106 valence electrons. The molecule has 1 aliphatic rings. The first-order valence-electron chi connectivity index (χ1n) is 6.83. The van der Waals surface area contributed by atoms with Crippen molar-refractivity contribution in [2.24, 2.45) is 5.73 Å². The summed E-state index contributed by atoms with van der Waals surface area (Å²) in [5, 5.41) is 1.67. The average Bonchev–Trinajstić information content (AvgIpc) is 2.83. The van der Waals surface area contributed by atoms with E-state index in [-0.39, 0.29) is 12.1 Å². The van der Waals surface area contributed by atoms with Gasteiger partial charge in [0.25, 0.3) is 0 Å². The van der Waals surface area contributed by atoms with Crippen LogP contribution in [0.15, 0.2) is 47.4 Å². The maximum atomic E-state index is 12.6. The Morgan fingerprint density at radius 3 is 2.55 bits per heavy atom. The molecule has 2 atom stereocenters. The molecule has 3 rings (SSSR count). The fourth-order valence-corrected chi connectivity index (χ4v) is 4.38. The van der Waals surface area contributed by atoms with Crippen LogP contribution in [0.4, 0.5) is 0 Å². The highest BCUT2D eigenvalue weighted by Crippen LogP contribution is 2.25. The summed E-state index contributed by atoms with van der Waals surface area (Å²) in [4.78, 5) is 0.328. The molecule has 1 saturated carbocycles. The number of benzene rings is 2. The highest BCUT2D eigenvalue weighted by Gasteiger charge is 2.29. The third kappa shape index (κ3) is 2.44. The van der Waals surface area contributed by atoms with E-state index >= 15 is 0 Å². The first-order chi connectivity index (χ1) is 9.58. The molecule has 0 aliphatic heterocycles. The Morgan fingerprint density at radius 2 is 1.80 bits per heavy atom. The van der Waals surface area contributed by atoms with Crippen LogP contribution < -0.4 is 10.5 Å². The Labute approximate surface area is 119 Å². The summed E-state index contributed by atoms with van der Waals surface area (Å²) < 4.78 is 27.9. The Kier molecular flexibility index (Phi) is 3.50. The van der Waals surface area contributed by atoms with Crippen molar-refractivity contribution in [1.29, 1.82) is 0 Å². The second-order valence-corrected chi connectivity index (χ2v) is 6.98. The van der Waals surface area contributed by atoms with Crippen LogP contribution >= 0.6 is 0 Å². The van der Waals surface area contributed by atoms with Crippen molar-refractivity contribution >= 4 is 20.8 Å². The molecular weight excluding hydrogens is 272 g/mol. The van der Waals surface area contributed by atoms with E-state index < -0.39 is 10.0 Å². The van der Waals surface area contributed by atoms with E-state index in [2.05, 4.69) is 4.72 Å². The predicted octanol–water partition coefficient (Wildman–Crippen LogP) is 2.00. The van der Waals surface area contributed by atoms with E-state index in [4.69, 9.17) is 5.73 Å². The highest BCUT2D eigenvalue weighted by molar-refractivity contribution is 7.89. The van der Waals surface area contributed by atoms with Crippen molar-refractivity contribution in [3.63, 3.8) is 0 Å². The molecule has 2 aromatic carbocycles. The van der Waals surface area contributed by atoms with Crippen molar-refractivity contribution in [3.05, 3.63) is 42.5 Å². The molecule has 2 aromatic rings. The zero-order chi connectivity index (χ0) is 14.2.